The van der Waals surface area contributed by atoms with Gasteiger partial charge in [0.1, 0.15) is 10.9 Å². The van der Waals surface area contributed by atoms with Gasteiger partial charge in [-0.1, -0.05) is 41.1 Å². The quantitative estimate of drug-likeness (QED) is 0.547. The molecule has 1 unspecified atom stereocenters. The number of nitrogens with zero attached hydrogens (tertiary/aromatic N) is 4. The smallest absolute Gasteiger partial charge is 0.286 e. The van der Waals surface area contributed by atoms with Crippen LogP contribution in [0.15, 0.2) is 58.3 Å². The second-order valence-corrected chi connectivity index (χ2v) is 9.07. The van der Waals surface area contributed by atoms with Gasteiger partial charge in [0.25, 0.3) is 5.91 Å². The van der Waals surface area contributed by atoms with Gasteiger partial charge >= 0.3 is 0 Å². The number of amides is 1. The fourth-order valence-electron chi connectivity index (χ4n) is 2.41. The zero-order chi connectivity index (χ0) is 21.7. The number of hydrogen-bond acceptors (Lipinski definition) is 5. The van der Waals surface area contributed by atoms with Crippen LogP contribution >= 0.6 is 23.2 Å². The molecule has 1 amide bonds. The number of methoxy groups -OCH3 is 1. The van der Waals surface area contributed by atoms with E-state index in [0.717, 1.165) is 0 Å². The van der Waals surface area contributed by atoms with Crippen LogP contribution in [0.2, 0.25) is 10.3 Å². The van der Waals surface area contributed by atoms with Gasteiger partial charge in [-0.3, -0.25) is 9.78 Å². The predicted octanol–water partition coefficient (Wildman–Crippen LogP) is 3.94. The molecule has 0 bridgehead atoms. The lowest BCUT2D eigenvalue weighted by Crippen LogP contribution is -2.05. The van der Waals surface area contributed by atoms with Crippen molar-refractivity contribution in [3.05, 3.63) is 70.5 Å². The molecule has 2 heterocycles. The highest BCUT2D eigenvalue weighted by atomic mass is 35.5. The molecule has 0 saturated heterocycles. The third-order valence-corrected chi connectivity index (χ3v) is 6.35. The van der Waals surface area contributed by atoms with Gasteiger partial charge in [-0.25, -0.2) is 9.19 Å². The third kappa shape index (κ3) is 5.19. The minimum absolute atomic E-state index is 0.183. The van der Waals surface area contributed by atoms with E-state index < -0.39 is 15.6 Å². The molecule has 0 radical (unpaired) electrons. The van der Waals surface area contributed by atoms with Crippen LogP contribution in [0.4, 0.5) is 0 Å². The van der Waals surface area contributed by atoms with E-state index >= 15 is 0 Å². The summed E-state index contributed by atoms with van der Waals surface area (Å²) in [7, 11) is -1.46. The number of hydrogen-bond donors (Lipinski definition) is 0. The van der Waals surface area contributed by atoms with Crippen LogP contribution in [0.1, 0.15) is 15.9 Å². The molecule has 30 heavy (non-hydrogen) atoms. The van der Waals surface area contributed by atoms with Gasteiger partial charge < -0.3 is 9.30 Å². The van der Waals surface area contributed by atoms with E-state index in [4.69, 9.17) is 27.9 Å². The van der Waals surface area contributed by atoms with Crippen LogP contribution in [0.5, 0.6) is 5.75 Å². The molecule has 0 N–H and O–H groups in total. The second kappa shape index (κ2) is 9.30. The Morgan fingerprint density at radius 1 is 1.30 bits per heavy atom. The van der Waals surface area contributed by atoms with Gasteiger partial charge in [0.15, 0.2) is 5.15 Å². The Labute approximate surface area is 184 Å². The summed E-state index contributed by atoms with van der Waals surface area (Å²) in [6.07, 6.45) is 5.74. The summed E-state index contributed by atoms with van der Waals surface area (Å²) in [6.45, 7) is 0.264. The number of pyridine rings is 1. The fraction of sp³-hybridized carbons (Fsp3) is 0.150. The SMILES string of the molecule is COc1cccc(S(C)(=O)=NC(=O)c2cncc(C#CCn3cnc(Cl)c3Cl)c2)c1. The van der Waals surface area contributed by atoms with Crippen molar-refractivity contribution in [2.75, 3.05) is 13.4 Å². The van der Waals surface area contributed by atoms with Crippen molar-refractivity contribution < 1.29 is 13.7 Å². The summed E-state index contributed by atoms with van der Waals surface area (Å²) in [5.74, 6) is 5.68. The first kappa shape index (κ1) is 21.8. The van der Waals surface area contributed by atoms with E-state index in [0.29, 0.717) is 21.4 Å². The zero-order valence-corrected chi connectivity index (χ0v) is 18.3. The predicted molar refractivity (Wildman–Crippen MR) is 115 cm³/mol. The van der Waals surface area contributed by atoms with E-state index in [-0.39, 0.29) is 17.3 Å². The Hall–Kier alpha value is -2.86. The maximum atomic E-state index is 13.0. The molecular formula is C20H16Cl2N4O3S. The molecule has 10 heteroatoms. The summed E-state index contributed by atoms with van der Waals surface area (Å²) in [5.41, 5.74) is 0.686. The summed E-state index contributed by atoms with van der Waals surface area (Å²) in [4.78, 5) is 20.9. The minimum Gasteiger partial charge on any atom is -0.497 e. The van der Waals surface area contributed by atoms with Gasteiger partial charge in [0.2, 0.25) is 0 Å². The van der Waals surface area contributed by atoms with Gasteiger partial charge in [-0.2, -0.15) is 4.36 Å². The zero-order valence-electron chi connectivity index (χ0n) is 16.0. The van der Waals surface area contributed by atoms with Crippen molar-refractivity contribution in [1.82, 2.24) is 14.5 Å². The monoisotopic (exact) mass is 462 g/mol. The number of ether oxygens (including phenoxy) is 1. The van der Waals surface area contributed by atoms with Gasteiger partial charge in [0.05, 0.1) is 40.2 Å². The summed E-state index contributed by atoms with van der Waals surface area (Å²) in [5, 5.41) is 0.496. The highest BCUT2D eigenvalue weighted by Crippen LogP contribution is 2.20. The Morgan fingerprint density at radius 2 is 2.10 bits per heavy atom. The molecule has 7 nitrogen and oxygen atoms in total. The van der Waals surface area contributed by atoms with Crippen molar-refractivity contribution in [1.29, 1.82) is 0 Å². The van der Waals surface area contributed by atoms with Crippen molar-refractivity contribution in [3.8, 4) is 17.6 Å². The number of rotatable bonds is 4. The van der Waals surface area contributed by atoms with Crippen LogP contribution < -0.4 is 4.74 Å². The molecule has 0 aliphatic heterocycles. The average molecular weight is 463 g/mol. The van der Waals surface area contributed by atoms with Crippen LogP contribution in [0.3, 0.4) is 0 Å². The minimum atomic E-state index is -2.96. The molecule has 3 aromatic rings. The fourth-order valence-corrected chi connectivity index (χ4v) is 3.90. The first-order valence-electron chi connectivity index (χ1n) is 8.51. The topological polar surface area (TPSA) is 86.4 Å². The van der Waals surface area contributed by atoms with Crippen LogP contribution in [-0.2, 0) is 16.3 Å². The molecule has 0 fully saturated rings. The molecular weight excluding hydrogens is 447 g/mol. The number of carbonyl (C=O) groups is 1. The van der Waals surface area contributed by atoms with Crippen LogP contribution in [-0.4, -0.2) is 38.0 Å². The molecule has 0 saturated carbocycles. The molecule has 2 aromatic heterocycles. The molecule has 0 aliphatic rings. The number of carbonyl (C=O) groups excluding carboxylic acids is 1. The van der Waals surface area contributed by atoms with Crippen molar-refractivity contribution in [3.63, 3.8) is 0 Å². The Kier molecular flexibility index (Phi) is 6.77. The lowest BCUT2D eigenvalue weighted by atomic mass is 10.2. The summed E-state index contributed by atoms with van der Waals surface area (Å²) >= 11 is 11.8. The van der Waals surface area contributed by atoms with Crippen molar-refractivity contribution in [2.24, 2.45) is 4.36 Å². The lowest BCUT2D eigenvalue weighted by molar-refractivity contribution is 0.100. The van der Waals surface area contributed by atoms with Crippen LogP contribution in [0, 0.1) is 11.8 Å². The number of halogens is 2. The van der Waals surface area contributed by atoms with E-state index in [9.17, 15) is 9.00 Å². The second-order valence-electron chi connectivity index (χ2n) is 6.10. The van der Waals surface area contributed by atoms with E-state index in [1.54, 1.807) is 28.8 Å². The summed E-state index contributed by atoms with van der Waals surface area (Å²) < 4.78 is 23.6. The highest BCUT2D eigenvalue weighted by Gasteiger charge is 2.13. The van der Waals surface area contributed by atoms with Gasteiger partial charge in [-0.15, -0.1) is 0 Å². The van der Waals surface area contributed by atoms with Gasteiger partial charge in [-0.05, 0) is 24.3 Å². The Bertz CT molecular complexity index is 1280. The first-order valence-corrected chi connectivity index (χ1v) is 11.2. The molecule has 0 spiro atoms. The molecule has 154 valence electrons. The molecule has 3 rings (SSSR count). The van der Waals surface area contributed by atoms with Gasteiger partial charge in [0, 0.05) is 24.2 Å². The summed E-state index contributed by atoms with van der Waals surface area (Å²) in [6, 6.07) is 8.17. The average Bonchev–Trinajstić information content (AvgIpc) is 3.06. The maximum Gasteiger partial charge on any atom is 0.286 e. The first-order chi connectivity index (χ1) is 14.3. The third-order valence-electron chi connectivity index (χ3n) is 3.94. The largest absolute Gasteiger partial charge is 0.497 e. The maximum absolute atomic E-state index is 13.0. The standard InChI is InChI=1S/C20H16Cl2N4O3S/c1-29-16-6-3-7-17(10-16)30(2,28)25-20(27)15-9-14(11-23-12-15)5-4-8-26-13-24-18(21)19(26)22/h3,6-7,9-13H,8H2,1-2H3. The lowest BCUT2D eigenvalue weighted by Gasteiger charge is -2.06. The van der Waals surface area contributed by atoms with Crippen LogP contribution in [0.25, 0.3) is 0 Å². The van der Waals surface area contributed by atoms with E-state index in [2.05, 4.69) is 26.2 Å². The highest BCUT2D eigenvalue weighted by molar-refractivity contribution is 7.93. The Morgan fingerprint density at radius 3 is 2.80 bits per heavy atom. The van der Waals surface area contributed by atoms with E-state index in [1.165, 1.54) is 38.2 Å². The normalized spacial score (nSPS) is 12.4. The number of imidazole rings is 1. The number of benzene rings is 1. The van der Waals surface area contributed by atoms with E-state index in [1.807, 2.05) is 0 Å². The molecule has 0 aliphatic carbocycles. The Balaban J connectivity index is 1.82. The molecule has 1 aromatic carbocycles. The number of aromatic nitrogens is 3. The van der Waals surface area contributed by atoms with Crippen molar-refractivity contribution in [2.45, 2.75) is 11.4 Å². The molecule has 1 atom stereocenters. The van der Waals surface area contributed by atoms with Crippen molar-refractivity contribution >= 4 is 38.8 Å².